The van der Waals surface area contributed by atoms with E-state index >= 15 is 0 Å². The van der Waals surface area contributed by atoms with Gasteiger partial charge in [0.15, 0.2) is 0 Å². The molecule has 2 fully saturated rings. The number of nitrogens with zero attached hydrogens (tertiary/aromatic N) is 4. The molecule has 0 aliphatic carbocycles. The molecule has 0 radical (unpaired) electrons. The molecule has 0 aromatic heterocycles. The van der Waals surface area contributed by atoms with Crippen LogP contribution in [0, 0.1) is 0 Å². The molecule has 30 heavy (non-hydrogen) atoms. The molecule has 0 aromatic rings. The lowest BCUT2D eigenvalue weighted by atomic mass is 9.76. The van der Waals surface area contributed by atoms with E-state index in [4.69, 9.17) is 0 Å². The monoisotopic (exact) mass is 422 g/mol. The van der Waals surface area contributed by atoms with E-state index in [2.05, 4.69) is 117 Å². The van der Waals surface area contributed by atoms with Crippen molar-refractivity contribution in [3.63, 3.8) is 0 Å². The van der Waals surface area contributed by atoms with Gasteiger partial charge in [-0.15, -0.1) is 0 Å². The Kier molecular flexibility index (Phi) is 7.24. The predicted octanol–water partition coefficient (Wildman–Crippen LogP) is 4.93. The Bertz CT molecular complexity index is 559. The lowest BCUT2D eigenvalue weighted by molar-refractivity contribution is -0.134. The van der Waals surface area contributed by atoms with Crippen molar-refractivity contribution in [2.45, 2.75) is 143 Å². The predicted molar refractivity (Wildman–Crippen MR) is 132 cm³/mol. The molecule has 0 saturated carbocycles. The first-order valence-corrected chi connectivity index (χ1v) is 12.4. The molecular weight excluding hydrogens is 368 g/mol. The zero-order valence-corrected chi connectivity index (χ0v) is 22.9. The van der Waals surface area contributed by atoms with Gasteiger partial charge in [0.05, 0.1) is 0 Å². The highest BCUT2D eigenvalue weighted by Gasteiger charge is 2.52. The van der Waals surface area contributed by atoms with Crippen molar-refractivity contribution in [3.05, 3.63) is 0 Å². The molecule has 0 spiro atoms. The maximum absolute atomic E-state index is 2.83. The fraction of sp³-hybridized carbons (Fsp3) is 1.00. The van der Waals surface area contributed by atoms with Gasteiger partial charge in [0.1, 0.15) is 0 Å². The van der Waals surface area contributed by atoms with Crippen LogP contribution in [-0.4, -0.2) is 92.1 Å². The maximum atomic E-state index is 2.83. The Morgan fingerprint density at radius 1 is 0.433 bits per heavy atom. The van der Waals surface area contributed by atoms with Crippen LogP contribution in [0.25, 0.3) is 0 Å². The Morgan fingerprint density at radius 3 is 1.10 bits per heavy atom. The largest absolute Gasteiger partial charge is 0.295 e. The van der Waals surface area contributed by atoms with Gasteiger partial charge >= 0.3 is 0 Å². The van der Waals surface area contributed by atoms with Gasteiger partial charge in [0.2, 0.25) is 0 Å². The van der Waals surface area contributed by atoms with E-state index in [-0.39, 0.29) is 22.2 Å². The molecule has 2 rings (SSSR count). The van der Waals surface area contributed by atoms with Crippen LogP contribution in [0.5, 0.6) is 0 Å². The van der Waals surface area contributed by atoms with E-state index in [0.29, 0.717) is 24.2 Å². The Morgan fingerprint density at radius 2 is 0.767 bits per heavy atom. The van der Waals surface area contributed by atoms with Crippen LogP contribution < -0.4 is 0 Å². The van der Waals surface area contributed by atoms with E-state index in [9.17, 15) is 0 Å². The Hall–Kier alpha value is -0.160. The van der Waals surface area contributed by atoms with Crippen LogP contribution in [0.4, 0.5) is 0 Å². The van der Waals surface area contributed by atoms with E-state index in [1.807, 2.05) is 0 Å². The second-order valence-electron chi connectivity index (χ2n) is 13.5. The van der Waals surface area contributed by atoms with Gasteiger partial charge in [-0.1, -0.05) is 0 Å². The Balaban J connectivity index is 2.26. The average Bonchev–Trinajstić information content (AvgIpc) is 2.50. The van der Waals surface area contributed by atoms with Gasteiger partial charge in [0, 0.05) is 72.5 Å². The minimum atomic E-state index is 0.0825. The van der Waals surface area contributed by atoms with Crippen molar-refractivity contribution in [1.82, 2.24) is 19.6 Å². The lowest BCUT2D eigenvalue weighted by Gasteiger charge is -2.63. The smallest absolute Gasteiger partial charge is 0.0338 e. The summed E-state index contributed by atoms with van der Waals surface area (Å²) in [5.41, 5.74) is 0.629. The highest BCUT2D eigenvalue weighted by molar-refractivity contribution is 5.09. The Labute approximate surface area is 189 Å². The molecule has 0 unspecified atom stereocenters. The first-order chi connectivity index (χ1) is 13.3. The van der Waals surface area contributed by atoms with E-state index < -0.39 is 0 Å². The van der Waals surface area contributed by atoms with Crippen LogP contribution in [0.3, 0.4) is 0 Å². The molecule has 2 saturated heterocycles. The van der Waals surface area contributed by atoms with Crippen LogP contribution in [0.15, 0.2) is 0 Å². The summed E-state index contributed by atoms with van der Waals surface area (Å²) in [5, 5.41) is 0. The standard InChI is InChI=1S/C26H54N4/c1-19-17-28(18-20(2)29(19)24(8,9)10)25(11,12)26(13,14)30-21(3)15-27(16-22(30)4)23(5,6)7/h19-22H,15-18H2,1-14H3/t19-,20+,21-,22-/m1/s1. The zero-order chi connectivity index (χ0) is 23.4. The summed E-state index contributed by atoms with van der Waals surface area (Å²) in [5.74, 6) is 0. The molecule has 2 aliphatic heterocycles. The van der Waals surface area contributed by atoms with Gasteiger partial charge in [-0.3, -0.25) is 19.6 Å². The van der Waals surface area contributed by atoms with Crippen molar-refractivity contribution >= 4 is 0 Å². The van der Waals surface area contributed by atoms with Crippen LogP contribution in [0.1, 0.15) is 96.9 Å². The molecule has 4 nitrogen and oxygen atoms in total. The molecule has 4 atom stereocenters. The fourth-order valence-electron chi connectivity index (χ4n) is 6.78. The van der Waals surface area contributed by atoms with Crippen molar-refractivity contribution < 1.29 is 0 Å². The minimum Gasteiger partial charge on any atom is -0.295 e. The summed E-state index contributed by atoms with van der Waals surface area (Å²) < 4.78 is 0. The summed E-state index contributed by atoms with van der Waals surface area (Å²) in [7, 11) is 0. The number of hydrogen-bond donors (Lipinski definition) is 0. The minimum absolute atomic E-state index is 0.0825. The first kappa shape index (κ1) is 26.1. The van der Waals surface area contributed by atoms with Gasteiger partial charge < -0.3 is 0 Å². The molecule has 0 N–H and O–H groups in total. The van der Waals surface area contributed by atoms with Crippen LogP contribution in [0.2, 0.25) is 0 Å². The molecule has 0 bridgehead atoms. The van der Waals surface area contributed by atoms with Crippen LogP contribution in [-0.2, 0) is 0 Å². The molecular formula is C26H54N4. The molecule has 178 valence electrons. The van der Waals surface area contributed by atoms with Crippen molar-refractivity contribution in [1.29, 1.82) is 0 Å². The summed E-state index contributed by atoms with van der Waals surface area (Å²) in [4.78, 5) is 11.0. The second-order valence-corrected chi connectivity index (χ2v) is 13.5. The van der Waals surface area contributed by atoms with Gasteiger partial charge in [-0.25, -0.2) is 0 Å². The number of hydrogen-bond acceptors (Lipinski definition) is 4. The molecule has 2 heterocycles. The second kappa shape index (κ2) is 8.32. The van der Waals surface area contributed by atoms with Gasteiger partial charge in [0.25, 0.3) is 0 Å². The van der Waals surface area contributed by atoms with Crippen molar-refractivity contribution in [2.24, 2.45) is 0 Å². The summed E-state index contributed by atoms with van der Waals surface area (Å²) in [6, 6.07) is 2.23. The molecule has 4 heteroatoms. The third-order valence-corrected chi connectivity index (χ3v) is 8.49. The number of rotatable bonds is 3. The molecule has 0 aromatic carbocycles. The topological polar surface area (TPSA) is 13.0 Å². The van der Waals surface area contributed by atoms with E-state index in [1.54, 1.807) is 0 Å². The molecule has 0 amide bonds. The normalized spacial score (nSPS) is 32.6. The molecule has 2 aliphatic rings. The lowest BCUT2D eigenvalue weighted by Crippen LogP contribution is -2.76. The third kappa shape index (κ3) is 4.77. The average molecular weight is 423 g/mol. The van der Waals surface area contributed by atoms with Gasteiger partial charge in [-0.05, 0) is 96.9 Å². The maximum Gasteiger partial charge on any atom is 0.0338 e. The SMILES string of the molecule is C[C@@H]1CN(C(C)(C)C(C)(C)N2[C@H](C)CN(C(C)(C)C)C[C@H]2C)C[C@H](C)N1C(C)(C)C. The third-order valence-electron chi connectivity index (χ3n) is 8.49. The number of piperazine rings is 2. The van der Waals surface area contributed by atoms with Crippen molar-refractivity contribution in [3.8, 4) is 0 Å². The summed E-state index contributed by atoms with van der Waals surface area (Å²) in [6.07, 6.45) is 0. The first-order valence-electron chi connectivity index (χ1n) is 12.4. The fourth-order valence-corrected chi connectivity index (χ4v) is 6.78. The van der Waals surface area contributed by atoms with E-state index in [1.165, 1.54) is 0 Å². The summed E-state index contributed by atoms with van der Waals surface area (Å²) in [6.45, 7) is 38.5. The zero-order valence-electron chi connectivity index (χ0n) is 22.9. The highest BCUT2D eigenvalue weighted by atomic mass is 15.4. The highest BCUT2D eigenvalue weighted by Crippen LogP contribution is 2.40. The van der Waals surface area contributed by atoms with Crippen LogP contribution >= 0.6 is 0 Å². The quantitative estimate of drug-likeness (QED) is 0.639. The van der Waals surface area contributed by atoms with E-state index in [0.717, 1.165) is 26.2 Å². The van der Waals surface area contributed by atoms with Crippen molar-refractivity contribution in [2.75, 3.05) is 26.2 Å². The van der Waals surface area contributed by atoms with Gasteiger partial charge in [-0.2, -0.15) is 0 Å². The summed E-state index contributed by atoms with van der Waals surface area (Å²) >= 11 is 0.